The fourth-order valence-corrected chi connectivity index (χ4v) is 3.08. The highest BCUT2D eigenvalue weighted by Gasteiger charge is 2.28. The molecule has 1 heterocycles. The van der Waals surface area contributed by atoms with Gasteiger partial charge in [-0.2, -0.15) is 0 Å². The van der Waals surface area contributed by atoms with Gasteiger partial charge in [-0.1, -0.05) is 29.8 Å². The number of rotatable bonds is 5. The number of carbonyl (C=O) groups excluding carboxylic acids is 1. The molecule has 3 aromatic rings. The van der Waals surface area contributed by atoms with E-state index in [1.54, 1.807) is 0 Å². The Bertz CT molecular complexity index is 1080. The van der Waals surface area contributed by atoms with Gasteiger partial charge in [-0.3, -0.25) is 0 Å². The molecule has 29 heavy (non-hydrogen) atoms. The molecule has 4 rings (SSSR count). The molecule has 1 saturated carbocycles. The number of esters is 1. The Hall–Kier alpha value is -3.06. The van der Waals surface area contributed by atoms with Crippen LogP contribution >= 0.6 is 11.6 Å². The Balaban J connectivity index is 1.66. The summed E-state index contributed by atoms with van der Waals surface area (Å²) in [6, 6.07) is 9.48. The van der Waals surface area contributed by atoms with Gasteiger partial charge in [0.15, 0.2) is 10.9 Å². The first-order valence-electron chi connectivity index (χ1n) is 8.89. The third-order valence-electron chi connectivity index (χ3n) is 4.46. The predicted molar refractivity (Wildman–Crippen MR) is 102 cm³/mol. The minimum Gasteiger partial charge on any atom is -0.434 e. The number of ether oxygens (including phenoxy) is 2. The summed E-state index contributed by atoms with van der Waals surface area (Å²) < 4.78 is 38.0. The van der Waals surface area contributed by atoms with E-state index >= 15 is 0 Å². The third-order valence-corrected chi connectivity index (χ3v) is 4.64. The van der Waals surface area contributed by atoms with Crippen LogP contribution in [0.2, 0.25) is 5.15 Å². The lowest BCUT2D eigenvalue weighted by Crippen LogP contribution is -2.11. The van der Waals surface area contributed by atoms with Crippen LogP contribution in [0.15, 0.2) is 42.5 Å². The first kappa shape index (κ1) is 19.3. The van der Waals surface area contributed by atoms with Crippen LogP contribution in [-0.4, -0.2) is 16.2 Å². The van der Waals surface area contributed by atoms with Gasteiger partial charge in [0.05, 0.1) is 5.56 Å². The van der Waals surface area contributed by atoms with Gasteiger partial charge in [-0.25, -0.2) is 13.6 Å². The largest absolute Gasteiger partial charge is 0.434 e. The van der Waals surface area contributed by atoms with E-state index in [1.165, 1.54) is 6.07 Å². The topological polar surface area (TPSA) is 61.3 Å². The molecule has 1 aliphatic carbocycles. The Kier molecular flexibility index (Phi) is 5.15. The molecule has 2 aromatic carbocycles. The molecule has 0 bridgehead atoms. The van der Waals surface area contributed by atoms with E-state index in [0.717, 1.165) is 36.1 Å². The molecular formula is C21H15ClF2N2O3. The van der Waals surface area contributed by atoms with Crippen LogP contribution in [0, 0.1) is 18.6 Å². The van der Waals surface area contributed by atoms with E-state index in [4.69, 9.17) is 21.1 Å². The standard InChI is InChI=1S/C21H15ClF2N2O3/c1-11-3-2-4-16(12-5-6-12)19(11)29-20-17(10-18(22)25-26-20)28-21(27)13-7-14(23)9-15(24)8-13/h2-4,7-10,12H,5-6H2,1H3. The van der Waals surface area contributed by atoms with Gasteiger partial charge in [-0.05, 0) is 48.9 Å². The molecule has 1 fully saturated rings. The first-order chi connectivity index (χ1) is 13.9. The van der Waals surface area contributed by atoms with Crippen molar-refractivity contribution in [2.75, 3.05) is 0 Å². The van der Waals surface area contributed by atoms with Gasteiger partial charge in [0.2, 0.25) is 0 Å². The summed E-state index contributed by atoms with van der Waals surface area (Å²) in [7, 11) is 0. The number of para-hydroxylation sites is 1. The highest BCUT2D eigenvalue weighted by Crippen LogP contribution is 2.46. The van der Waals surface area contributed by atoms with Crippen LogP contribution in [0.4, 0.5) is 8.78 Å². The minimum atomic E-state index is -0.982. The van der Waals surface area contributed by atoms with Crippen molar-refractivity contribution in [2.45, 2.75) is 25.7 Å². The third kappa shape index (κ3) is 4.35. The second-order valence-corrected chi connectivity index (χ2v) is 7.14. The molecule has 0 radical (unpaired) electrons. The number of aryl methyl sites for hydroxylation is 1. The highest BCUT2D eigenvalue weighted by molar-refractivity contribution is 6.29. The maximum Gasteiger partial charge on any atom is 0.343 e. The van der Waals surface area contributed by atoms with Gasteiger partial charge in [0.25, 0.3) is 5.88 Å². The number of nitrogens with zero attached hydrogens (tertiary/aromatic N) is 2. The number of hydrogen-bond donors (Lipinski definition) is 0. The SMILES string of the molecule is Cc1cccc(C2CC2)c1Oc1nnc(Cl)cc1OC(=O)c1cc(F)cc(F)c1. The molecule has 0 unspecified atom stereocenters. The number of benzene rings is 2. The molecular weight excluding hydrogens is 402 g/mol. The zero-order valence-electron chi connectivity index (χ0n) is 15.3. The first-order valence-corrected chi connectivity index (χ1v) is 9.27. The van der Waals surface area contributed by atoms with Gasteiger partial charge in [-0.15, -0.1) is 10.2 Å². The van der Waals surface area contributed by atoms with Crippen molar-refractivity contribution in [1.29, 1.82) is 0 Å². The van der Waals surface area contributed by atoms with Crippen LogP contribution in [0.25, 0.3) is 0 Å². The van der Waals surface area contributed by atoms with Crippen LogP contribution in [0.5, 0.6) is 17.4 Å². The molecule has 0 saturated heterocycles. The predicted octanol–water partition coefficient (Wildman–Crippen LogP) is 5.61. The van der Waals surface area contributed by atoms with Crippen molar-refractivity contribution in [2.24, 2.45) is 0 Å². The fourth-order valence-electron chi connectivity index (χ4n) is 2.94. The molecule has 1 aliphatic rings. The van der Waals surface area contributed by atoms with Crippen molar-refractivity contribution in [3.8, 4) is 17.4 Å². The van der Waals surface area contributed by atoms with Crippen molar-refractivity contribution in [3.05, 3.63) is 75.9 Å². The Morgan fingerprint density at radius 1 is 1.10 bits per heavy atom. The van der Waals surface area contributed by atoms with E-state index in [-0.39, 0.29) is 22.3 Å². The maximum atomic E-state index is 13.4. The summed E-state index contributed by atoms with van der Waals surface area (Å²) in [6.07, 6.45) is 2.14. The molecule has 5 nitrogen and oxygen atoms in total. The quantitative estimate of drug-likeness (QED) is 0.506. The number of hydrogen-bond acceptors (Lipinski definition) is 5. The smallest absolute Gasteiger partial charge is 0.343 e. The summed E-state index contributed by atoms with van der Waals surface area (Å²) in [6.45, 7) is 1.89. The highest BCUT2D eigenvalue weighted by atomic mass is 35.5. The lowest BCUT2D eigenvalue weighted by atomic mass is 10.1. The van der Waals surface area contributed by atoms with E-state index in [2.05, 4.69) is 10.2 Å². The van der Waals surface area contributed by atoms with Crippen LogP contribution in [-0.2, 0) is 0 Å². The van der Waals surface area contributed by atoms with Gasteiger partial charge < -0.3 is 9.47 Å². The molecule has 8 heteroatoms. The number of carbonyl (C=O) groups is 1. The maximum absolute atomic E-state index is 13.4. The van der Waals surface area contributed by atoms with Crippen LogP contribution < -0.4 is 9.47 Å². The summed E-state index contributed by atoms with van der Waals surface area (Å²) >= 11 is 5.88. The van der Waals surface area contributed by atoms with Crippen molar-refractivity contribution in [1.82, 2.24) is 10.2 Å². The van der Waals surface area contributed by atoms with E-state index < -0.39 is 17.6 Å². The molecule has 148 valence electrons. The van der Waals surface area contributed by atoms with Gasteiger partial charge in [0.1, 0.15) is 17.4 Å². The molecule has 0 N–H and O–H groups in total. The zero-order valence-corrected chi connectivity index (χ0v) is 16.0. The Morgan fingerprint density at radius 2 is 1.83 bits per heavy atom. The lowest BCUT2D eigenvalue weighted by molar-refractivity contribution is 0.0728. The average molecular weight is 417 g/mol. The Labute approximate surface area is 170 Å². The average Bonchev–Trinajstić information content (AvgIpc) is 3.49. The van der Waals surface area contributed by atoms with Crippen LogP contribution in [0.3, 0.4) is 0 Å². The molecule has 0 amide bonds. The number of halogens is 3. The number of aromatic nitrogens is 2. The van der Waals surface area contributed by atoms with Crippen molar-refractivity contribution >= 4 is 17.6 Å². The second-order valence-electron chi connectivity index (χ2n) is 6.75. The summed E-state index contributed by atoms with van der Waals surface area (Å²) in [5.74, 6) is -1.93. The van der Waals surface area contributed by atoms with E-state index in [1.807, 2.05) is 25.1 Å². The molecule has 0 spiro atoms. The lowest BCUT2D eigenvalue weighted by Gasteiger charge is -2.15. The zero-order chi connectivity index (χ0) is 20.5. The van der Waals surface area contributed by atoms with Crippen LogP contribution in [0.1, 0.15) is 40.2 Å². The van der Waals surface area contributed by atoms with E-state index in [9.17, 15) is 13.6 Å². The molecule has 0 atom stereocenters. The second kappa shape index (κ2) is 7.75. The summed E-state index contributed by atoms with van der Waals surface area (Å²) in [4.78, 5) is 12.4. The summed E-state index contributed by atoms with van der Waals surface area (Å²) in [5.41, 5.74) is 1.62. The van der Waals surface area contributed by atoms with Gasteiger partial charge >= 0.3 is 5.97 Å². The minimum absolute atomic E-state index is 0.0298. The van der Waals surface area contributed by atoms with E-state index in [0.29, 0.717) is 17.7 Å². The van der Waals surface area contributed by atoms with Gasteiger partial charge in [0, 0.05) is 12.1 Å². The van der Waals surface area contributed by atoms with Crippen molar-refractivity contribution in [3.63, 3.8) is 0 Å². The fraction of sp³-hybridized carbons (Fsp3) is 0.190. The molecule has 1 aromatic heterocycles. The Morgan fingerprint density at radius 3 is 2.52 bits per heavy atom. The molecule has 0 aliphatic heterocycles. The summed E-state index contributed by atoms with van der Waals surface area (Å²) in [5, 5.41) is 7.60. The normalized spacial score (nSPS) is 13.2. The monoisotopic (exact) mass is 416 g/mol. The van der Waals surface area contributed by atoms with Crippen molar-refractivity contribution < 1.29 is 23.0 Å².